The van der Waals surface area contributed by atoms with E-state index in [0.29, 0.717) is 18.7 Å². The molecule has 0 aliphatic rings. The van der Waals surface area contributed by atoms with Gasteiger partial charge in [-0.1, -0.05) is 29.8 Å². The normalized spacial score (nSPS) is 10.9. The minimum atomic E-state index is -0.144. The number of benzene rings is 3. The summed E-state index contributed by atoms with van der Waals surface area (Å²) in [6, 6.07) is 21.3. The van der Waals surface area contributed by atoms with E-state index in [1.165, 1.54) is 5.56 Å². The highest BCUT2D eigenvalue weighted by atomic mass is 16.5. The lowest BCUT2D eigenvalue weighted by Gasteiger charge is -2.12. The number of nitrogens with zero attached hydrogens (tertiary/aromatic N) is 2. The van der Waals surface area contributed by atoms with Crippen LogP contribution in [0.25, 0.3) is 11.0 Å². The standard InChI is InChI=1S/C27H29N3O3/c1-19-9-14-25(20(2)17-19)33-16-6-15-30-24-8-5-4-7-23(24)29-26(30)18-28-27(31)21-10-12-22(32-3)13-11-21/h4-5,7-14,17H,6,15-16,18H2,1-3H3,(H,28,31). The molecule has 1 aromatic heterocycles. The number of amides is 1. The van der Waals surface area contributed by atoms with Crippen LogP contribution in [0.2, 0.25) is 0 Å². The second-order valence-corrected chi connectivity index (χ2v) is 8.05. The molecule has 33 heavy (non-hydrogen) atoms. The number of ether oxygens (including phenoxy) is 2. The van der Waals surface area contributed by atoms with Gasteiger partial charge >= 0.3 is 0 Å². The lowest BCUT2D eigenvalue weighted by Crippen LogP contribution is -2.25. The van der Waals surface area contributed by atoms with E-state index in [2.05, 4.69) is 41.9 Å². The van der Waals surface area contributed by atoms with Crippen LogP contribution in [0.3, 0.4) is 0 Å². The van der Waals surface area contributed by atoms with E-state index in [1.54, 1.807) is 31.4 Å². The fourth-order valence-corrected chi connectivity index (χ4v) is 3.88. The number of aromatic nitrogens is 2. The van der Waals surface area contributed by atoms with Gasteiger partial charge in [0.05, 0.1) is 31.3 Å². The Balaban J connectivity index is 1.42. The highest BCUT2D eigenvalue weighted by Gasteiger charge is 2.13. The third kappa shape index (κ3) is 5.34. The average Bonchev–Trinajstić information content (AvgIpc) is 3.19. The Morgan fingerprint density at radius 1 is 1.03 bits per heavy atom. The van der Waals surface area contributed by atoms with Gasteiger partial charge in [-0.25, -0.2) is 4.98 Å². The van der Waals surface area contributed by atoms with E-state index in [1.807, 2.05) is 24.3 Å². The van der Waals surface area contributed by atoms with Crippen molar-refractivity contribution in [3.8, 4) is 11.5 Å². The zero-order chi connectivity index (χ0) is 23.2. The molecule has 170 valence electrons. The largest absolute Gasteiger partial charge is 0.497 e. The van der Waals surface area contributed by atoms with E-state index in [9.17, 15) is 4.79 Å². The molecule has 0 saturated heterocycles. The number of methoxy groups -OCH3 is 1. The van der Waals surface area contributed by atoms with Crippen LogP contribution < -0.4 is 14.8 Å². The van der Waals surface area contributed by atoms with Crippen LogP contribution in [0.1, 0.15) is 33.7 Å². The Kier molecular flexibility index (Phi) is 6.93. The maximum atomic E-state index is 12.6. The third-order valence-corrected chi connectivity index (χ3v) is 5.61. The van der Waals surface area contributed by atoms with E-state index in [-0.39, 0.29) is 5.91 Å². The van der Waals surface area contributed by atoms with E-state index >= 15 is 0 Å². The minimum absolute atomic E-state index is 0.144. The third-order valence-electron chi connectivity index (χ3n) is 5.61. The van der Waals surface area contributed by atoms with Crippen molar-refractivity contribution in [2.75, 3.05) is 13.7 Å². The number of para-hydroxylation sites is 2. The van der Waals surface area contributed by atoms with Crippen molar-refractivity contribution >= 4 is 16.9 Å². The SMILES string of the molecule is COc1ccc(C(=O)NCc2nc3ccccc3n2CCCOc2ccc(C)cc2C)cc1. The van der Waals surface area contributed by atoms with Crippen LogP contribution in [0.5, 0.6) is 11.5 Å². The summed E-state index contributed by atoms with van der Waals surface area (Å²) >= 11 is 0. The fourth-order valence-electron chi connectivity index (χ4n) is 3.88. The minimum Gasteiger partial charge on any atom is -0.497 e. The number of fused-ring (bicyclic) bond motifs is 1. The van der Waals surface area contributed by atoms with Gasteiger partial charge in [0.25, 0.3) is 5.91 Å². The van der Waals surface area contributed by atoms with Gasteiger partial charge in [0, 0.05) is 12.1 Å². The van der Waals surface area contributed by atoms with Crippen molar-refractivity contribution in [3.63, 3.8) is 0 Å². The summed E-state index contributed by atoms with van der Waals surface area (Å²) in [7, 11) is 1.60. The Morgan fingerprint density at radius 2 is 1.82 bits per heavy atom. The summed E-state index contributed by atoms with van der Waals surface area (Å²) < 4.78 is 13.3. The first-order chi connectivity index (χ1) is 16.0. The van der Waals surface area contributed by atoms with Crippen molar-refractivity contribution in [2.24, 2.45) is 0 Å². The molecule has 6 nitrogen and oxygen atoms in total. The molecule has 4 aromatic rings. The number of carbonyl (C=O) groups excluding carboxylic acids is 1. The molecule has 0 bridgehead atoms. The predicted molar refractivity (Wildman–Crippen MR) is 130 cm³/mol. The summed E-state index contributed by atoms with van der Waals surface area (Å²) in [5.41, 5.74) is 4.93. The molecule has 1 N–H and O–H groups in total. The summed E-state index contributed by atoms with van der Waals surface area (Å²) in [5, 5.41) is 2.99. The van der Waals surface area contributed by atoms with Crippen molar-refractivity contribution in [2.45, 2.75) is 33.4 Å². The first-order valence-electron chi connectivity index (χ1n) is 11.1. The van der Waals surface area contributed by atoms with Gasteiger partial charge in [-0.15, -0.1) is 0 Å². The molecule has 0 aliphatic heterocycles. The van der Waals surface area contributed by atoms with Crippen LogP contribution >= 0.6 is 0 Å². The number of aryl methyl sites for hydroxylation is 3. The van der Waals surface area contributed by atoms with Gasteiger partial charge in [0.15, 0.2) is 0 Å². The molecule has 1 heterocycles. The number of hydrogen-bond acceptors (Lipinski definition) is 4. The van der Waals surface area contributed by atoms with Gasteiger partial charge in [0.2, 0.25) is 0 Å². The maximum absolute atomic E-state index is 12.6. The highest BCUT2D eigenvalue weighted by Crippen LogP contribution is 2.20. The van der Waals surface area contributed by atoms with Crippen molar-refractivity contribution in [3.05, 3.63) is 89.2 Å². The zero-order valence-corrected chi connectivity index (χ0v) is 19.3. The van der Waals surface area contributed by atoms with E-state index in [0.717, 1.165) is 46.9 Å². The molecule has 6 heteroatoms. The molecule has 0 saturated carbocycles. The van der Waals surface area contributed by atoms with Gasteiger partial charge in [-0.3, -0.25) is 4.79 Å². The summed E-state index contributed by atoms with van der Waals surface area (Å²) in [5.74, 6) is 2.32. The van der Waals surface area contributed by atoms with Gasteiger partial charge < -0.3 is 19.4 Å². The van der Waals surface area contributed by atoms with Gasteiger partial charge in [-0.05, 0) is 68.3 Å². The first kappa shape index (κ1) is 22.4. The van der Waals surface area contributed by atoms with Crippen molar-refractivity contribution < 1.29 is 14.3 Å². The Hall–Kier alpha value is -3.80. The number of carbonyl (C=O) groups is 1. The Bertz CT molecular complexity index is 1250. The number of hydrogen-bond donors (Lipinski definition) is 1. The maximum Gasteiger partial charge on any atom is 0.251 e. The summed E-state index contributed by atoms with van der Waals surface area (Å²) in [6.45, 7) is 5.84. The Morgan fingerprint density at radius 3 is 2.58 bits per heavy atom. The second kappa shape index (κ2) is 10.2. The lowest BCUT2D eigenvalue weighted by atomic mass is 10.1. The average molecular weight is 444 g/mol. The molecule has 0 aliphatic carbocycles. The molecular weight excluding hydrogens is 414 g/mol. The molecule has 0 atom stereocenters. The van der Waals surface area contributed by atoms with Crippen LogP contribution in [0, 0.1) is 13.8 Å². The number of imidazole rings is 1. The van der Waals surface area contributed by atoms with Crippen LogP contribution in [0.4, 0.5) is 0 Å². The molecule has 1 amide bonds. The highest BCUT2D eigenvalue weighted by molar-refractivity contribution is 5.94. The number of rotatable bonds is 9. The van der Waals surface area contributed by atoms with Gasteiger partial charge in [0.1, 0.15) is 17.3 Å². The molecule has 4 rings (SSSR count). The smallest absolute Gasteiger partial charge is 0.251 e. The molecule has 0 spiro atoms. The van der Waals surface area contributed by atoms with Crippen LogP contribution in [-0.2, 0) is 13.1 Å². The topological polar surface area (TPSA) is 65.4 Å². The summed E-state index contributed by atoms with van der Waals surface area (Å²) in [4.78, 5) is 17.4. The predicted octanol–water partition coefficient (Wildman–Crippen LogP) is 5.06. The van der Waals surface area contributed by atoms with Gasteiger partial charge in [-0.2, -0.15) is 0 Å². The summed E-state index contributed by atoms with van der Waals surface area (Å²) in [6.07, 6.45) is 0.826. The molecule has 0 radical (unpaired) electrons. The van der Waals surface area contributed by atoms with Crippen LogP contribution in [0.15, 0.2) is 66.7 Å². The quantitative estimate of drug-likeness (QED) is 0.367. The van der Waals surface area contributed by atoms with Crippen molar-refractivity contribution in [1.82, 2.24) is 14.9 Å². The number of nitrogens with one attached hydrogen (secondary N) is 1. The van der Waals surface area contributed by atoms with E-state index < -0.39 is 0 Å². The monoisotopic (exact) mass is 443 g/mol. The molecule has 0 fully saturated rings. The fraction of sp³-hybridized carbons (Fsp3) is 0.259. The zero-order valence-electron chi connectivity index (χ0n) is 19.3. The Labute approximate surface area is 194 Å². The van der Waals surface area contributed by atoms with Crippen molar-refractivity contribution in [1.29, 1.82) is 0 Å². The molecular formula is C27H29N3O3. The lowest BCUT2D eigenvalue weighted by molar-refractivity contribution is 0.0949. The first-order valence-corrected chi connectivity index (χ1v) is 11.1. The second-order valence-electron chi connectivity index (χ2n) is 8.05. The van der Waals surface area contributed by atoms with Crippen LogP contribution in [-0.4, -0.2) is 29.2 Å². The molecule has 0 unspecified atom stereocenters. The molecule has 3 aromatic carbocycles. The van der Waals surface area contributed by atoms with E-state index in [4.69, 9.17) is 14.5 Å².